The Labute approximate surface area is 131 Å². The molecule has 2 aromatic carbocycles. The van der Waals surface area contributed by atoms with E-state index in [1.54, 1.807) is 11.8 Å². The van der Waals surface area contributed by atoms with Crippen molar-refractivity contribution in [2.45, 2.75) is 0 Å². The van der Waals surface area contributed by atoms with E-state index in [-0.39, 0.29) is 5.91 Å². The molecule has 0 aliphatic heterocycles. The predicted octanol–water partition coefficient (Wildman–Crippen LogP) is 4.25. The lowest BCUT2D eigenvalue weighted by Crippen LogP contribution is -2.25. The lowest BCUT2D eigenvalue weighted by Gasteiger charge is -2.06. The molecule has 4 heteroatoms. The molecule has 0 saturated carbocycles. The van der Waals surface area contributed by atoms with Crippen LogP contribution in [0, 0.1) is 0 Å². The fraction of sp³-hybridized carbons (Fsp3) is 0.188. The van der Waals surface area contributed by atoms with Gasteiger partial charge >= 0.3 is 0 Å². The van der Waals surface area contributed by atoms with Crippen LogP contribution in [0.4, 0.5) is 0 Å². The van der Waals surface area contributed by atoms with E-state index >= 15 is 0 Å². The van der Waals surface area contributed by atoms with Gasteiger partial charge in [-0.1, -0.05) is 34.1 Å². The Bertz CT molecular complexity index is 627. The third-order valence-electron chi connectivity index (χ3n) is 2.83. The molecule has 2 rings (SSSR count). The maximum atomic E-state index is 12.0. The minimum Gasteiger partial charge on any atom is -0.351 e. The fourth-order valence-electron chi connectivity index (χ4n) is 1.86. The summed E-state index contributed by atoms with van der Waals surface area (Å²) in [6.45, 7) is 4.34. The van der Waals surface area contributed by atoms with Gasteiger partial charge in [-0.05, 0) is 35.0 Å². The molecule has 0 bridgehead atoms. The smallest absolute Gasteiger partial charge is 0.251 e. The van der Waals surface area contributed by atoms with Crippen LogP contribution in [0.1, 0.15) is 10.4 Å². The van der Waals surface area contributed by atoms with Crippen LogP contribution in [-0.4, -0.2) is 24.0 Å². The first kappa shape index (κ1) is 15.1. The number of amides is 1. The van der Waals surface area contributed by atoms with Crippen molar-refractivity contribution in [3.63, 3.8) is 0 Å². The van der Waals surface area contributed by atoms with Crippen LogP contribution in [0.2, 0.25) is 0 Å². The largest absolute Gasteiger partial charge is 0.351 e. The van der Waals surface area contributed by atoms with E-state index in [0.717, 1.165) is 26.8 Å². The SMILES string of the molecule is C=CCSCCNC(=O)c1ccc2cc(Br)ccc2c1. The van der Waals surface area contributed by atoms with Crippen molar-refractivity contribution < 1.29 is 4.79 Å². The topological polar surface area (TPSA) is 29.1 Å². The first-order chi connectivity index (χ1) is 9.70. The van der Waals surface area contributed by atoms with E-state index in [2.05, 4.69) is 27.8 Å². The molecule has 20 heavy (non-hydrogen) atoms. The van der Waals surface area contributed by atoms with E-state index in [9.17, 15) is 4.79 Å². The van der Waals surface area contributed by atoms with E-state index < -0.39 is 0 Å². The Hall–Kier alpha value is -1.26. The van der Waals surface area contributed by atoms with Crippen LogP contribution < -0.4 is 5.32 Å². The van der Waals surface area contributed by atoms with Gasteiger partial charge in [0, 0.05) is 28.1 Å². The number of rotatable bonds is 6. The first-order valence-corrected chi connectivity index (χ1v) is 8.31. The molecule has 1 N–H and O–H groups in total. The van der Waals surface area contributed by atoms with Gasteiger partial charge in [0.2, 0.25) is 0 Å². The molecule has 0 heterocycles. The van der Waals surface area contributed by atoms with Gasteiger partial charge in [-0.2, -0.15) is 11.8 Å². The Morgan fingerprint density at radius 3 is 2.80 bits per heavy atom. The predicted molar refractivity (Wildman–Crippen MR) is 91.5 cm³/mol. The zero-order chi connectivity index (χ0) is 14.4. The van der Waals surface area contributed by atoms with Gasteiger partial charge < -0.3 is 5.32 Å². The Balaban J connectivity index is 1.99. The quantitative estimate of drug-likeness (QED) is 0.623. The molecule has 0 aromatic heterocycles. The maximum Gasteiger partial charge on any atom is 0.251 e. The van der Waals surface area contributed by atoms with Crippen LogP contribution in [0.25, 0.3) is 10.8 Å². The molecule has 2 nitrogen and oxygen atoms in total. The third-order valence-corrected chi connectivity index (χ3v) is 4.29. The number of hydrogen-bond donors (Lipinski definition) is 1. The minimum absolute atomic E-state index is 0.0194. The second kappa shape index (κ2) is 7.50. The van der Waals surface area contributed by atoms with Crippen molar-refractivity contribution in [2.75, 3.05) is 18.1 Å². The number of fused-ring (bicyclic) bond motifs is 1. The Morgan fingerprint density at radius 1 is 1.25 bits per heavy atom. The van der Waals surface area contributed by atoms with Gasteiger partial charge in [0.05, 0.1) is 0 Å². The molecule has 2 aromatic rings. The molecule has 0 unspecified atom stereocenters. The van der Waals surface area contributed by atoms with Crippen molar-refractivity contribution >= 4 is 44.4 Å². The van der Waals surface area contributed by atoms with Crippen molar-refractivity contribution in [3.05, 3.63) is 59.1 Å². The van der Waals surface area contributed by atoms with Crippen molar-refractivity contribution in [3.8, 4) is 0 Å². The summed E-state index contributed by atoms with van der Waals surface area (Å²) in [4.78, 5) is 12.0. The van der Waals surface area contributed by atoms with Crippen LogP contribution >= 0.6 is 27.7 Å². The van der Waals surface area contributed by atoms with E-state index in [1.165, 1.54) is 0 Å². The molecular weight excluding hydrogens is 334 g/mol. The van der Waals surface area contributed by atoms with Crippen molar-refractivity contribution in [1.82, 2.24) is 5.32 Å². The number of carbonyl (C=O) groups excluding carboxylic acids is 1. The highest BCUT2D eigenvalue weighted by Gasteiger charge is 2.05. The summed E-state index contributed by atoms with van der Waals surface area (Å²) in [6.07, 6.45) is 1.87. The first-order valence-electron chi connectivity index (χ1n) is 6.37. The summed E-state index contributed by atoms with van der Waals surface area (Å²) in [5.41, 5.74) is 0.702. The van der Waals surface area contributed by atoms with Gasteiger partial charge in [-0.15, -0.1) is 6.58 Å². The monoisotopic (exact) mass is 349 g/mol. The molecular formula is C16H16BrNOS. The summed E-state index contributed by atoms with van der Waals surface area (Å²) >= 11 is 5.20. The number of thioether (sulfide) groups is 1. The van der Waals surface area contributed by atoms with Crippen LogP contribution in [0.5, 0.6) is 0 Å². The Morgan fingerprint density at radius 2 is 2.00 bits per heavy atom. The summed E-state index contributed by atoms with van der Waals surface area (Å²) in [7, 11) is 0. The minimum atomic E-state index is -0.0194. The molecule has 0 fully saturated rings. The maximum absolute atomic E-state index is 12.0. The summed E-state index contributed by atoms with van der Waals surface area (Å²) in [5.74, 6) is 1.80. The van der Waals surface area contributed by atoms with E-state index in [4.69, 9.17) is 0 Å². The second-order valence-corrected chi connectivity index (χ2v) is 6.39. The van der Waals surface area contributed by atoms with E-state index in [1.807, 2.05) is 42.5 Å². The van der Waals surface area contributed by atoms with Crippen LogP contribution in [0.15, 0.2) is 53.5 Å². The summed E-state index contributed by atoms with van der Waals surface area (Å²) < 4.78 is 1.04. The van der Waals surface area contributed by atoms with Crippen molar-refractivity contribution in [2.24, 2.45) is 0 Å². The van der Waals surface area contributed by atoms with Gasteiger partial charge in [0.25, 0.3) is 5.91 Å². The number of halogens is 1. The zero-order valence-corrected chi connectivity index (χ0v) is 13.5. The molecule has 0 aliphatic carbocycles. The number of nitrogens with one attached hydrogen (secondary N) is 1. The van der Waals surface area contributed by atoms with Gasteiger partial charge in [-0.25, -0.2) is 0 Å². The number of carbonyl (C=O) groups is 1. The highest BCUT2D eigenvalue weighted by Crippen LogP contribution is 2.20. The van der Waals surface area contributed by atoms with Crippen LogP contribution in [-0.2, 0) is 0 Å². The lowest BCUT2D eigenvalue weighted by molar-refractivity contribution is 0.0956. The average Bonchev–Trinajstić information content (AvgIpc) is 2.46. The summed E-state index contributed by atoms with van der Waals surface area (Å²) in [6, 6.07) is 11.8. The Kier molecular flexibility index (Phi) is 5.68. The van der Waals surface area contributed by atoms with E-state index in [0.29, 0.717) is 12.1 Å². The van der Waals surface area contributed by atoms with Gasteiger partial charge in [0.15, 0.2) is 0 Å². The molecule has 0 radical (unpaired) electrons. The highest BCUT2D eigenvalue weighted by atomic mass is 79.9. The molecule has 0 atom stereocenters. The highest BCUT2D eigenvalue weighted by molar-refractivity contribution is 9.10. The van der Waals surface area contributed by atoms with Crippen molar-refractivity contribution in [1.29, 1.82) is 0 Å². The summed E-state index contributed by atoms with van der Waals surface area (Å²) in [5, 5.41) is 5.12. The molecule has 0 aliphatic rings. The fourth-order valence-corrected chi connectivity index (χ4v) is 2.82. The third kappa shape index (κ3) is 4.12. The normalized spacial score (nSPS) is 10.4. The molecule has 0 spiro atoms. The zero-order valence-electron chi connectivity index (χ0n) is 11.1. The second-order valence-electron chi connectivity index (χ2n) is 4.33. The number of benzene rings is 2. The molecule has 1 amide bonds. The average molecular weight is 350 g/mol. The molecule has 104 valence electrons. The number of hydrogen-bond acceptors (Lipinski definition) is 2. The molecule has 0 saturated heterocycles. The standard InChI is InChI=1S/C16H16BrNOS/c1-2-8-20-9-7-18-16(19)14-4-3-13-11-15(17)6-5-12(13)10-14/h2-6,10-11H,1,7-9H2,(H,18,19). The van der Waals surface area contributed by atoms with Gasteiger partial charge in [0.1, 0.15) is 0 Å². The van der Waals surface area contributed by atoms with Gasteiger partial charge in [-0.3, -0.25) is 4.79 Å². The van der Waals surface area contributed by atoms with Crippen LogP contribution in [0.3, 0.4) is 0 Å². The lowest BCUT2D eigenvalue weighted by atomic mass is 10.1.